The summed E-state index contributed by atoms with van der Waals surface area (Å²) < 4.78 is 0. The summed E-state index contributed by atoms with van der Waals surface area (Å²) in [5.41, 5.74) is 1.68. The maximum absolute atomic E-state index is 2.52. The summed E-state index contributed by atoms with van der Waals surface area (Å²) in [6.45, 7) is 4.63. The van der Waals surface area contributed by atoms with Gasteiger partial charge in [-0.05, 0) is 37.5 Å². The lowest BCUT2D eigenvalue weighted by Crippen LogP contribution is -2.06. The topological polar surface area (TPSA) is 0 Å². The van der Waals surface area contributed by atoms with Gasteiger partial charge < -0.3 is 0 Å². The van der Waals surface area contributed by atoms with E-state index >= 15 is 0 Å². The molecule has 0 heteroatoms. The van der Waals surface area contributed by atoms with E-state index in [2.05, 4.69) is 19.9 Å². The van der Waals surface area contributed by atoms with Crippen LogP contribution < -0.4 is 0 Å². The highest BCUT2D eigenvalue weighted by Gasteiger charge is 2.37. The minimum atomic E-state index is 0.968. The first-order chi connectivity index (χ1) is 4.81. The van der Waals surface area contributed by atoms with Crippen LogP contribution in [0.1, 0.15) is 33.1 Å². The van der Waals surface area contributed by atoms with Crippen LogP contribution in [0.4, 0.5) is 0 Å². The molecule has 3 unspecified atom stereocenters. The van der Waals surface area contributed by atoms with E-state index in [4.69, 9.17) is 0 Å². The predicted molar refractivity (Wildman–Crippen MR) is 43.8 cm³/mol. The Labute approximate surface area is 63.3 Å². The van der Waals surface area contributed by atoms with Gasteiger partial charge in [0, 0.05) is 0 Å². The van der Waals surface area contributed by atoms with Crippen molar-refractivity contribution in [3.63, 3.8) is 0 Å². The second-order valence-corrected chi connectivity index (χ2v) is 3.91. The molecule has 1 fully saturated rings. The van der Waals surface area contributed by atoms with Gasteiger partial charge in [0.15, 0.2) is 0 Å². The molecular weight excluding hydrogens is 120 g/mol. The van der Waals surface area contributed by atoms with Crippen LogP contribution in [0.2, 0.25) is 0 Å². The zero-order chi connectivity index (χ0) is 7.14. The largest absolute Gasteiger partial charge is 0.0819 e. The molecule has 0 amide bonds. The number of hydrogen-bond acceptors (Lipinski definition) is 0. The van der Waals surface area contributed by atoms with Gasteiger partial charge in [0.25, 0.3) is 0 Å². The molecule has 0 saturated heterocycles. The van der Waals surface area contributed by atoms with Crippen molar-refractivity contribution in [2.75, 3.05) is 0 Å². The molecule has 2 bridgehead atoms. The monoisotopic (exact) mass is 136 g/mol. The van der Waals surface area contributed by atoms with E-state index < -0.39 is 0 Å². The second-order valence-electron chi connectivity index (χ2n) is 3.91. The second kappa shape index (κ2) is 2.11. The molecule has 1 saturated carbocycles. The van der Waals surface area contributed by atoms with Crippen molar-refractivity contribution in [1.82, 2.24) is 0 Å². The Morgan fingerprint density at radius 3 is 2.70 bits per heavy atom. The Hall–Kier alpha value is -0.260. The number of rotatable bonds is 1. The average Bonchev–Trinajstić information content (AvgIpc) is 2.44. The van der Waals surface area contributed by atoms with Gasteiger partial charge >= 0.3 is 0 Å². The third-order valence-electron chi connectivity index (χ3n) is 3.39. The van der Waals surface area contributed by atoms with Crippen LogP contribution in [0.15, 0.2) is 11.6 Å². The van der Waals surface area contributed by atoms with Gasteiger partial charge in [-0.1, -0.05) is 25.0 Å². The summed E-state index contributed by atoms with van der Waals surface area (Å²) >= 11 is 0. The molecule has 2 aliphatic carbocycles. The lowest BCUT2D eigenvalue weighted by Gasteiger charge is -2.17. The molecule has 0 aromatic rings. The fraction of sp³-hybridized carbons (Fsp3) is 0.800. The van der Waals surface area contributed by atoms with Gasteiger partial charge in [-0.3, -0.25) is 0 Å². The lowest BCUT2D eigenvalue weighted by atomic mass is 9.88. The van der Waals surface area contributed by atoms with Crippen LogP contribution in [0.5, 0.6) is 0 Å². The predicted octanol–water partition coefficient (Wildman–Crippen LogP) is 3.00. The van der Waals surface area contributed by atoms with Crippen molar-refractivity contribution in [2.24, 2.45) is 17.8 Å². The molecule has 0 radical (unpaired) electrons. The standard InChI is InChI=1S/C10H16/c1-3-8-5-9-6-10(8)4-7(9)2/h4,8-10H,3,5-6H2,1-2H3. The van der Waals surface area contributed by atoms with Crippen molar-refractivity contribution >= 4 is 0 Å². The van der Waals surface area contributed by atoms with E-state index in [1.807, 2.05) is 0 Å². The molecule has 2 aliphatic rings. The van der Waals surface area contributed by atoms with E-state index in [0.717, 1.165) is 17.8 Å². The van der Waals surface area contributed by atoms with Crippen molar-refractivity contribution in [1.29, 1.82) is 0 Å². The molecular formula is C10H16. The summed E-state index contributed by atoms with van der Waals surface area (Å²) in [6, 6.07) is 0. The Kier molecular flexibility index (Phi) is 1.36. The normalized spacial score (nSPS) is 44.2. The van der Waals surface area contributed by atoms with Crippen molar-refractivity contribution < 1.29 is 0 Å². The number of hydrogen-bond donors (Lipinski definition) is 0. The van der Waals surface area contributed by atoms with E-state index in [-0.39, 0.29) is 0 Å². The summed E-state index contributed by atoms with van der Waals surface area (Å²) in [4.78, 5) is 0. The quantitative estimate of drug-likeness (QED) is 0.486. The van der Waals surface area contributed by atoms with Crippen molar-refractivity contribution in [2.45, 2.75) is 33.1 Å². The Bertz CT molecular complexity index is 167. The van der Waals surface area contributed by atoms with E-state index in [1.165, 1.54) is 19.3 Å². The van der Waals surface area contributed by atoms with Crippen LogP contribution >= 0.6 is 0 Å². The van der Waals surface area contributed by atoms with Gasteiger partial charge in [0.05, 0.1) is 0 Å². The highest BCUT2D eigenvalue weighted by Crippen LogP contribution is 2.48. The highest BCUT2D eigenvalue weighted by atomic mass is 14.4. The Morgan fingerprint density at radius 2 is 2.30 bits per heavy atom. The smallest absolute Gasteiger partial charge is 0.0197 e. The molecule has 0 aromatic heterocycles. The molecule has 0 heterocycles. The lowest BCUT2D eigenvalue weighted by molar-refractivity contribution is 0.429. The van der Waals surface area contributed by atoms with E-state index in [0.29, 0.717) is 0 Å². The van der Waals surface area contributed by atoms with Gasteiger partial charge in [0.2, 0.25) is 0 Å². The SMILES string of the molecule is CCC1CC2CC1C=C2C. The average molecular weight is 136 g/mol. The number of allylic oxidation sites excluding steroid dienone is 2. The fourth-order valence-corrected chi connectivity index (χ4v) is 2.68. The molecule has 2 rings (SSSR count). The molecule has 0 N–H and O–H groups in total. The molecule has 10 heavy (non-hydrogen) atoms. The first-order valence-electron chi connectivity index (χ1n) is 4.49. The summed E-state index contributed by atoms with van der Waals surface area (Å²) in [5, 5.41) is 0. The third-order valence-corrected chi connectivity index (χ3v) is 3.39. The van der Waals surface area contributed by atoms with Gasteiger partial charge in [-0.15, -0.1) is 0 Å². The molecule has 56 valence electrons. The van der Waals surface area contributed by atoms with Gasteiger partial charge in [0.1, 0.15) is 0 Å². The summed E-state index contributed by atoms with van der Waals surface area (Å²) in [5.74, 6) is 2.98. The molecule has 0 nitrogen and oxygen atoms in total. The highest BCUT2D eigenvalue weighted by molar-refractivity contribution is 5.18. The first-order valence-corrected chi connectivity index (χ1v) is 4.49. The molecule has 0 aliphatic heterocycles. The molecule has 3 atom stereocenters. The summed E-state index contributed by atoms with van der Waals surface area (Å²) in [6.07, 6.45) is 6.88. The molecule has 0 aromatic carbocycles. The van der Waals surface area contributed by atoms with E-state index in [9.17, 15) is 0 Å². The van der Waals surface area contributed by atoms with Crippen molar-refractivity contribution in [3.05, 3.63) is 11.6 Å². The van der Waals surface area contributed by atoms with Crippen LogP contribution in [-0.2, 0) is 0 Å². The fourth-order valence-electron chi connectivity index (χ4n) is 2.68. The maximum atomic E-state index is 2.52. The Morgan fingerprint density at radius 1 is 1.50 bits per heavy atom. The third kappa shape index (κ3) is 0.744. The van der Waals surface area contributed by atoms with Crippen LogP contribution in [0.25, 0.3) is 0 Å². The first kappa shape index (κ1) is 6.45. The maximum Gasteiger partial charge on any atom is -0.0197 e. The minimum Gasteiger partial charge on any atom is -0.0819 e. The zero-order valence-corrected chi connectivity index (χ0v) is 6.93. The zero-order valence-electron chi connectivity index (χ0n) is 6.93. The molecule has 0 spiro atoms. The van der Waals surface area contributed by atoms with Gasteiger partial charge in [-0.2, -0.15) is 0 Å². The Balaban J connectivity index is 2.14. The van der Waals surface area contributed by atoms with Crippen LogP contribution in [-0.4, -0.2) is 0 Å². The summed E-state index contributed by atoms with van der Waals surface area (Å²) in [7, 11) is 0. The van der Waals surface area contributed by atoms with Crippen molar-refractivity contribution in [3.8, 4) is 0 Å². The van der Waals surface area contributed by atoms with E-state index in [1.54, 1.807) is 5.57 Å². The minimum absolute atomic E-state index is 0.968. The van der Waals surface area contributed by atoms with Gasteiger partial charge in [-0.25, -0.2) is 0 Å². The van der Waals surface area contributed by atoms with Crippen LogP contribution in [0, 0.1) is 17.8 Å². The number of fused-ring (bicyclic) bond motifs is 2. The van der Waals surface area contributed by atoms with Crippen LogP contribution in [0.3, 0.4) is 0 Å².